The van der Waals surface area contributed by atoms with Crippen molar-refractivity contribution in [3.05, 3.63) is 81.3 Å². The molecule has 128 valence electrons. The minimum atomic E-state index is -0.122. The third-order valence-corrected chi connectivity index (χ3v) is 5.66. The number of hydrogen-bond acceptors (Lipinski definition) is 4. The molecule has 1 atom stereocenters. The molecule has 25 heavy (non-hydrogen) atoms. The second-order valence-electron chi connectivity index (χ2n) is 5.51. The van der Waals surface area contributed by atoms with Gasteiger partial charge in [-0.25, -0.2) is 4.98 Å². The lowest BCUT2D eigenvalue weighted by atomic mass is 10.1. The fourth-order valence-corrected chi connectivity index (χ4v) is 4.19. The van der Waals surface area contributed by atoms with E-state index in [1.807, 2.05) is 66.3 Å². The number of nitrogens with one attached hydrogen (secondary N) is 1. The second kappa shape index (κ2) is 8.52. The number of nitrogens with zero attached hydrogens (tertiary/aromatic N) is 1. The number of carbonyl (C=O) groups excluding carboxylic acids is 1. The SMILES string of the molecule is C[C@H](NC(=O)c1ccccc1SCc1cscn1)c1cccc(Cl)c1. The van der Waals surface area contributed by atoms with Crippen molar-refractivity contribution in [2.45, 2.75) is 23.6 Å². The lowest BCUT2D eigenvalue weighted by Crippen LogP contribution is -2.27. The van der Waals surface area contributed by atoms with Crippen LogP contribution in [0.3, 0.4) is 0 Å². The maximum absolute atomic E-state index is 12.7. The Hall–Kier alpha value is -1.82. The van der Waals surface area contributed by atoms with Crippen LogP contribution >= 0.6 is 34.7 Å². The lowest BCUT2D eigenvalue weighted by Gasteiger charge is -2.16. The second-order valence-corrected chi connectivity index (χ2v) is 7.69. The van der Waals surface area contributed by atoms with Crippen molar-refractivity contribution in [3.8, 4) is 0 Å². The van der Waals surface area contributed by atoms with Gasteiger partial charge in [-0.15, -0.1) is 23.1 Å². The molecule has 0 aliphatic heterocycles. The smallest absolute Gasteiger partial charge is 0.252 e. The fourth-order valence-electron chi connectivity index (χ4n) is 2.37. The van der Waals surface area contributed by atoms with E-state index in [-0.39, 0.29) is 11.9 Å². The van der Waals surface area contributed by atoms with E-state index in [9.17, 15) is 4.79 Å². The van der Waals surface area contributed by atoms with Crippen molar-refractivity contribution < 1.29 is 4.79 Å². The van der Waals surface area contributed by atoms with Gasteiger partial charge in [0.1, 0.15) is 0 Å². The van der Waals surface area contributed by atoms with Gasteiger partial charge in [-0.1, -0.05) is 35.9 Å². The van der Waals surface area contributed by atoms with Gasteiger partial charge in [0.15, 0.2) is 0 Å². The highest BCUT2D eigenvalue weighted by Gasteiger charge is 2.15. The number of hydrogen-bond donors (Lipinski definition) is 1. The molecule has 0 saturated carbocycles. The van der Waals surface area contributed by atoms with Crippen molar-refractivity contribution >= 4 is 40.6 Å². The summed E-state index contributed by atoms with van der Waals surface area (Å²) in [7, 11) is 0. The molecular formula is C19H17ClN2OS2. The molecular weight excluding hydrogens is 372 g/mol. The van der Waals surface area contributed by atoms with E-state index in [2.05, 4.69) is 10.3 Å². The average molecular weight is 389 g/mol. The topological polar surface area (TPSA) is 42.0 Å². The molecule has 0 spiro atoms. The van der Waals surface area contributed by atoms with E-state index in [0.29, 0.717) is 10.6 Å². The molecule has 3 nitrogen and oxygen atoms in total. The minimum Gasteiger partial charge on any atom is -0.345 e. The zero-order valence-corrected chi connectivity index (χ0v) is 16.0. The van der Waals surface area contributed by atoms with Crippen LogP contribution in [0.4, 0.5) is 0 Å². The standard InChI is InChI=1S/C19H17ClN2OS2/c1-13(14-5-4-6-15(20)9-14)22-19(23)17-7-2-3-8-18(17)25-11-16-10-24-12-21-16/h2-10,12-13H,11H2,1H3,(H,22,23)/t13-/m0/s1. The van der Waals surface area contributed by atoms with Gasteiger partial charge in [-0.3, -0.25) is 4.79 Å². The summed E-state index contributed by atoms with van der Waals surface area (Å²) in [4.78, 5) is 18.0. The highest BCUT2D eigenvalue weighted by molar-refractivity contribution is 7.98. The highest BCUT2D eigenvalue weighted by Crippen LogP contribution is 2.27. The Morgan fingerprint density at radius 1 is 1.28 bits per heavy atom. The number of thioether (sulfide) groups is 1. The summed E-state index contributed by atoms with van der Waals surface area (Å²) in [6.07, 6.45) is 0. The summed E-state index contributed by atoms with van der Waals surface area (Å²) in [5.41, 5.74) is 4.50. The predicted octanol–water partition coefficient (Wildman–Crippen LogP) is 5.58. The summed E-state index contributed by atoms with van der Waals surface area (Å²) in [6, 6.07) is 15.1. The normalized spacial score (nSPS) is 11.9. The largest absolute Gasteiger partial charge is 0.345 e. The molecule has 2 aromatic carbocycles. The Balaban J connectivity index is 1.71. The van der Waals surface area contributed by atoms with Crippen molar-refractivity contribution in [2.75, 3.05) is 0 Å². The van der Waals surface area contributed by atoms with E-state index in [0.717, 1.165) is 21.9 Å². The molecule has 0 aliphatic carbocycles. The van der Waals surface area contributed by atoms with E-state index in [1.165, 1.54) is 0 Å². The van der Waals surface area contributed by atoms with Crippen molar-refractivity contribution in [1.82, 2.24) is 10.3 Å². The number of rotatable bonds is 6. The van der Waals surface area contributed by atoms with Crippen LogP contribution in [-0.4, -0.2) is 10.9 Å². The first-order valence-corrected chi connectivity index (χ1v) is 10.1. The van der Waals surface area contributed by atoms with Gasteiger partial charge in [0.25, 0.3) is 5.91 Å². The van der Waals surface area contributed by atoms with Crippen LogP contribution in [0.25, 0.3) is 0 Å². The van der Waals surface area contributed by atoms with Gasteiger partial charge in [-0.2, -0.15) is 0 Å². The minimum absolute atomic E-state index is 0.0890. The lowest BCUT2D eigenvalue weighted by molar-refractivity contribution is 0.0937. The molecule has 0 bridgehead atoms. The molecule has 1 N–H and O–H groups in total. The monoisotopic (exact) mass is 388 g/mol. The Labute approximate surface area is 160 Å². The van der Waals surface area contributed by atoms with Crippen molar-refractivity contribution in [3.63, 3.8) is 0 Å². The molecule has 3 aromatic rings. The Kier molecular flexibility index (Phi) is 6.13. The fraction of sp³-hybridized carbons (Fsp3) is 0.158. The van der Waals surface area contributed by atoms with Gasteiger partial charge in [-0.05, 0) is 36.8 Å². The molecule has 0 aliphatic rings. The van der Waals surface area contributed by atoms with E-state index < -0.39 is 0 Å². The van der Waals surface area contributed by atoms with Gasteiger partial charge in [0, 0.05) is 21.1 Å². The molecule has 3 rings (SSSR count). The third-order valence-electron chi connectivity index (χ3n) is 3.69. The molecule has 6 heteroatoms. The first-order chi connectivity index (χ1) is 12.1. The van der Waals surface area contributed by atoms with Crippen molar-refractivity contribution in [2.24, 2.45) is 0 Å². The predicted molar refractivity (Wildman–Crippen MR) is 105 cm³/mol. The molecule has 0 radical (unpaired) electrons. The van der Waals surface area contributed by atoms with Crippen LogP contribution in [0.15, 0.2) is 64.3 Å². The van der Waals surface area contributed by atoms with Crippen LogP contribution in [0.2, 0.25) is 5.02 Å². The summed E-state index contributed by atoms with van der Waals surface area (Å²) in [6.45, 7) is 1.95. The van der Waals surface area contributed by atoms with E-state index >= 15 is 0 Å². The first-order valence-electron chi connectivity index (χ1n) is 7.78. The zero-order valence-electron chi connectivity index (χ0n) is 13.6. The third kappa shape index (κ3) is 4.84. The molecule has 1 aromatic heterocycles. The molecule has 0 fully saturated rings. The maximum atomic E-state index is 12.7. The number of aromatic nitrogens is 1. The average Bonchev–Trinajstić information content (AvgIpc) is 3.13. The van der Waals surface area contributed by atoms with Gasteiger partial charge in [0.2, 0.25) is 0 Å². The van der Waals surface area contributed by atoms with Crippen LogP contribution in [-0.2, 0) is 5.75 Å². The van der Waals surface area contributed by atoms with Gasteiger partial charge < -0.3 is 5.32 Å². The van der Waals surface area contributed by atoms with Crippen LogP contribution in [0.5, 0.6) is 0 Å². The van der Waals surface area contributed by atoms with Crippen LogP contribution < -0.4 is 5.32 Å². The van der Waals surface area contributed by atoms with E-state index in [4.69, 9.17) is 11.6 Å². The number of halogens is 1. The summed E-state index contributed by atoms with van der Waals surface area (Å²) in [5, 5.41) is 5.74. The number of thiazole rings is 1. The van der Waals surface area contributed by atoms with Crippen LogP contribution in [0, 0.1) is 0 Å². The molecule has 0 saturated heterocycles. The highest BCUT2D eigenvalue weighted by atomic mass is 35.5. The molecule has 0 unspecified atom stereocenters. The number of amides is 1. The number of benzene rings is 2. The zero-order chi connectivity index (χ0) is 17.6. The Morgan fingerprint density at radius 2 is 2.12 bits per heavy atom. The summed E-state index contributed by atoms with van der Waals surface area (Å²) >= 11 is 9.24. The van der Waals surface area contributed by atoms with Crippen molar-refractivity contribution in [1.29, 1.82) is 0 Å². The molecule has 1 amide bonds. The van der Waals surface area contributed by atoms with Crippen LogP contribution in [0.1, 0.15) is 34.6 Å². The van der Waals surface area contributed by atoms with Gasteiger partial charge >= 0.3 is 0 Å². The summed E-state index contributed by atoms with van der Waals surface area (Å²) in [5.74, 6) is 0.659. The Bertz CT molecular complexity index is 852. The number of carbonyl (C=O) groups is 1. The first kappa shape index (κ1) is 18.0. The maximum Gasteiger partial charge on any atom is 0.252 e. The van der Waals surface area contributed by atoms with E-state index in [1.54, 1.807) is 23.1 Å². The summed E-state index contributed by atoms with van der Waals surface area (Å²) < 4.78 is 0. The van der Waals surface area contributed by atoms with Gasteiger partial charge in [0.05, 0.1) is 22.8 Å². The Morgan fingerprint density at radius 3 is 2.88 bits per heavy atom. The quantitative estimate of drug-likeness (QED) is 0.560. The molecule has 1 heterocycles.